The smallest absolute Gasteiger partial charge is 0.330 e. The van der Waals surface area contributed by atoms with E-state index in [0.717, 1.165) is 0 Å². The molecule has 1 fully saturated rings. The molecule has 4 rings (SSSR count). The minimum atomic E-state index is -1.98. The van der Waals surface area contributed by atoms with Gasteiger partial charge >= 0.3 is 5.97 Å². The third-order valence-corrected chi connectivity index (χ3v) is 6.80. The van der Waals surface area contributed by atoms with Gasteiger partial charge in [0.15, 0.2) is 6.04 Å². The van der Waals surface area contributed by atoms with Crippen molar-refractivity contribution in [3.63, 3.8) is 0 Å². The van der Waals surface area contributed by atoms with E-state index in [1.165, 1.54) is 16.7 Å². The highest BCUT2D eigenvalue weighted by molar-refractivity contribution is 8.02. The molecule has 34 heavy (non-hydrogen) atoms. The highest BCUT2D eigenvalue weighted by Gasteiger charge is 2.55. The summed E-state index contributed by atoms with van der Waals surface area (Å²) >= 11 is 1.20. The zero-order valence-electron chi connectivity index (χ0n) is 22.9. The number of carbonyl (C=O) groups is 4. The molecule has 0 saturated carbocycles. The molecule has 5 atom stereocenters. The molecule has 5 N–H and O–H groups in total. The van der Waals surface area contributed by atoms with Gasteiger partial charge in [0.25, 0.3) is 0 Å². The summed E-state index contributed by atoms with van der Waals surface area (Å²) in [5, 5.41) is 15.6. The third-order valence-electron chi connectivity index (χ3n) is 5.51. The van der Waals surface area contributed by atoms with Gasteiger partial charge in [-0.1, -0.05) is 60.5 Å². The maximum atomic E-state index is 13.3. The van der Waals surface area contributed by atoms with Crippen LogP contribution in [-0.2, 0) is 19.2 Å². The lowest BCUT2D eigenvalue weighted by atomic mass is 9.96. The molecule has 0 spiro atoms. The van der Waals surface area contributed by atoms with Crippen LogP contribution in [0.1, 0.15) is 37.0 Å². The molecule has 9 nitrogen and oxygen atoms in total. The van der Waals surface area contributed by atoms with Crippen LogP contribution in [0.3, 0.4) is 0 Å². The average Bonchev–Trinajstić information content (AvgIpc) is 2.92. The Morgan fingerprint density at radius 3 is 2.47 bits per heavy atom. The van der Waals surface area contributed by atoms with Gasteiger partial charge < -0.3 is 26.4 Å². The maximum Gasteiger partial charge on any atom is 0.330 e. The fourth-order valence-electron chi connectivity index (χ4n) is 3.77. The van der Waals surface area contributed by atoms with Crippen molar-refractivity contribution < 1.29 is 31.1 Å². The molecule has 2 aromatic carbocycles. The normalized spacial score (nSPS) is 25.1. The van der Waals surface area contributed by atoms with Crippen LogP contribution in [0.5, 0.6) is 0 Å². The molecule has 176 valence electrons. The van der Waals surface area contributed by atoms with Crippen molar-refractivity contribution in [2.75, 3.05) is 0 Å². The van der Waals surface area contributed by atoms with Crippen molar-refractivity contribution >= 4 is 35.5 Å². The van der Waals surface area contributed by atoms with E-state index in [1.54, 1.807) is 42.7 Å². The molecule has 0 aromatic heterocycles. The standard InChI is InChI=1S/C24H24N4O5S/c1-13-12-34-23-18(27-20(29)16(25)14-8-4-2-5-9-14)22(31)28(23)19(13)21(30)26-17(24(32)33)15-10-6-3-7-11-15/h2-12,16-19,23H,25H2,1H3,(H,26,30)(H,27,29)(H,32,33)/t16-,17?,18-,19?,23-/m1/s1/i3D,6D,7D,10D,11D. The van der Waals surface area contributed by atoms with Gasteiger partial charge in [0.2, 0.25) is 17.7 Å². The summed E-state index contributed by atoms with van der Waals surface area (Å²) in [6.07, 6.45) is 0. The number of nitrogens with zero attached hydrogens (tertiary/aromatic N) is 1. The third kappa shape index (κ3) is 4.42. The van der Waals surface area contributed by atoms with Crippen LogP contribution in [0.15, 0.2) is 71.5 Å². The highest BCUT2D eigenvalue weighted by Crippen LogP contribution is 2.40. The molecular formula is C24H24N4O5S. The van der Waals surface area contributed by atoms with Gasteiger partial charge in [0, 0.05) is 0 Å². The van der Waals surface area contributed by atoms with E-state index in [-0.39, 0.29) is 0 Å². The number of hydrogen-bond acceptors (Lipinski definition) is 6. The zero-order valence-corrected chi connectivity index (χ0v) is 18.7. The van der Waals surface area contributed by atoms with E-state index < -0.39 is 89.0 Å². The van der Waals surface area contributed by atoms with Crippen LogP contribution in [0.2, 0.25) is 0 Å². The molecule has 3 amide bonds. The molecule has 2 aliphatic rings. The molecule has 0 aliphatic carbocycles. The number of rotatable bonds is 7. The largest absolute Gasteiger partial charge is 0.479 e. The molecule has 0 bridgehead atoms. The van der Waals surface area contributed by atoms with E-state index in [1.807, 2.05) is 0 Å². The number of carboxylic acid groups (broad SMARTS) is 1. The Bertz CT molecular complexity index is 1380. The van der Waals surface area contributed by atoms with Gasteiger partial charge in [-0.05, 0) is 29.0 Å². The Morgan fingerprint density at radius 2 is 1.82 bits per heavy atom. The van der Waals surface area contributed by atoms with Crippen LogP contribution >= 0.6 is 11.8 Å². The van der Waals surface area contributed by atoms with E-state index in [2.05, 4.69) is 10.6 Å². The first-order valence-corrected chi connectivity index (χ1v) is 11.2. The quantitative estimate of drug-likeness (QED) is 0.433. The molecular weight excluding hydrogens is 456 g/mol. The Balaban J connectivity index is 1.55. The number of aliphatic carboxylic acids is 1. The fourth-order valence-corrected chi connectivity index (χ4v) is 4.95. The predicted octanol–water partition coefficient (Wildman–Crippen LogP) is 1.30. The van der Waals surface area contributed by atoms with Crippen LogP contribution in [-0.4, -0.2) is 51.2 Å². The van der Waals surface area contributed by atoms with Gasteiger partial charge in [-0.3, -0.25) is 14.4 Å². The number of carbonyl (C=O) groups excluding carboxylic acids is 3. The minimum Gasteiger partial charge on any atom is -0.479 e. The highest BCUT2D eigenvalue weighted by atomic mass is 32.2. The van der Waals surface area contributed by atoms with Gasteiger partial charge in [0.1, 0.15) is 23.5 Å². The molecule has 2 heterocycles. The lowest BCUT2D eigenvalue weighted by Crippen LogP contribution is -2.74. The SMILES string of the molecule is [2H]c1c([2H])c([2H])c(C(NC(=O)C2C(C)=CS[C@@H]3[C@H](NC(=O)[C@H](N)c4ccccc4)C(=O)N23)C(=O)O)c([2H])c1[2H]. The summed E-state index contributed by atoms with van der Waals surface area (Å²) in [5.41, 5.74) is 6.38. The van der Waals surface area contributed by atoms with Gasteiger partial charge in [0.05, 0.1) is 6.85 Å². The van der Waals surface area contributed by atoms with Crippen LogP contribution in [0, 0.1) is 0 Å². The van der Waals surface area contributed by atoms with Gasteiger partial charge in [-0.25, -0.2) is 4.79 Å². The second-order valence-electron chi connectivity index (χ2n) is 7.73. The summed E-state index contributed by atoms with van der Waals surface area (Å²) < 4.78 is 39.5. The number of amides is 3. The number of hydrogen-bond donors (Lipinski definition) is 4. The fraction of sp³-hybridized carbons (Fsp3) is 0.250. The first-order valence-electron chi connectivity index (χ1n) is 12.7. The van der Waals surface area contributed by atoms with Crippen LogP contribution in [0.25, 0.3) is 0 Å². The van der Waals surface area contributed by atoms with Crippen molar-refractivity contribution in [1.82, 2.24) is 15.5 Å². The van der Waals surface area contributed by atoms with Gasteiger partial charge in [-0.2, -0.15) is 0 Å². The number of thioether (sulfide) groups is 1. The topological polar surface area (TPSA) is 142 Å². The molecule has 2 unspecified atom stereocenters. The number of carboxylic acids is 1. The summed E-state index contributed by atoms with van der Waals surface area (Å²) in [6, 6.07) is -0.398. The van der Waals surface area contributed by atoms with Crippen molar-refractivity contribution in [2.24, 2.45) is 5.73 Å². The minimum absolute atomic E-state index is 0.415. The van der Waals surface area contributed by atoms with E-state index >= 15 is 0 Å². The molecule has 1 saturated heterocycles. The van der Waals surface area contributed by atoms with Crippen molar-refractivity contribution in [1.29, 1.82) is 0 Å². The first-order chi connectivity index (χ1) is 18.4. The predicted molar refractivity (Wildman–Crippen MR) is 126 cm³/mol. The van der Waals surface area contributed by atoms with Crippen molar-refractivity contribution in [2.45, 2.75) is 36.5 Å². The van der Waals surface area contributed by atoms with Crippen LogP contribution < -0.4 is 16.4 Å². The first kappa shape index (κ1) is 17.8. The number of nitrogens with one attached hydrogen (secondary N) is 2. The summed E-state index contributed by atoms with van der Waals surface area (Å²) in [5.74, 6) is -3.74. The summed E-state index contributed by atoms with van der Waals surface area (Å²) in [7, 11) is 0. The Labute approximate surface area is 207 Å². The lowest BCUT2D eigenvalue weighted by molar-refractivity contribution is -0.155. The second kappa shape index (κ2) is 9.70. The molecule has 2 aromatic rings. The molecule has 0 radical (unpaired) electrons. The number of fused-ring (bicyclic) bond motifs is 1. The molecule has 10 heteroatoms. The zero-order chi connectivity index (χ0) is 28.8. The van der Waals surface area contributed by atoms with E-state index in [9.17, 15) is 24.3 Å². The van der Waals surface area contributed by atoms with E-state index in [0.29, 0.717) is 11.1 Å². The summed E-state index contributed by atoms with van der Waals surface area (Å²) in [4.78, 5) is 52.4. The number of β-lactam (4-membered cyclic amide) rings is 1. The van der Waals surface area contributed by atoms with E-state index in [4.69, 9.17) is 12.6 Å². The summed E-state index contributed by atoms with van der Waals surface area (Å²) in [6.45, 7) is 1.57. The monoisotopic (exact) mass is 485 g/mol. The average molecular weight is 486 g/mol. The number of benzene rings is 2. The molecule has 2 aliphatic heterocycles. The maximum absolute atomic E-state index is 13.3. The second-order valence-corrected chi connectivity index (χ2v) is 8.72. The van der Waals surface area contributed by atoms with Crippen LogP contribution in [0.4, 0.5) is 0 Å². The Hall–Kier alpha value is -3.63. The Morgan fingerprint density at radius 1 is 1.15 bits per heavy atom. The van der Waals surface area contributed by atoms with Crippen molar-refractivity contribution in [3.8, 4) is 0 Å². The Kier molecular flexibility index (Phi) is 5.08. The van der Waals surface area contributed by atoms with Gasteiger partial charge in [-0.15, -0.1) is 11.8 Å². The van der Waals surface area contributed by atoms with Crippen molar-refractivity contribution in [3.05, 3.63) is 82.7 Å². The lowest BCUT2D eigenvalue weighted by Gasteiger charge is -2.52. The number of nitrogens with two attached hydrogens (primary N) is 1.